The Balaban J connectivity index is 1.36. The minimum absolute atomic E-state index is 0.175. The number of halogens is 3. The number of ether oxygens (including phenoxy) is 1. The van der Waals surface area contributed by atoms with E-state index in [0.717, 1.165) is 15.3 Å². The quantitative estimate of drug-likeness (QED) is 0.285. The molecule has 0 amide bonds. The highest BCUT2D eigenvalue weighted by Crippen LogP contribution is 2.42. The van der Waals surface area contributed by atoms with Crippen LogP contribution in [0.4, 0.5) is 18.9 Å². The maximum absolute atomic E-state index is 12.9. The number of hydrogen-bond acceptors (Lipinski definition) is 5. The molecule has 1 aliphatic rings. The summed E-state index contributed by atoms with van der Waals surface area (Å²) in [6.07, 6.45) is -0.166. The molecule has 0 fully saturated rings. The van der Waals surface area contributed by atoms with Crippen LogP contribution in [0.15, 0.2) is 84.9 Å². The SMILES string of the molecule is O=S(=O)(Nc1ccccc1-c1ccc2c(c1)OCC(Cc1ccc(-c3ccccc3)s1)C2O)C(F)(F)F. The van der Waals surface area contributed by atoms with E-state index in [1.54, 1.807) is 40.3 Å². The van der Waals surface area contributed by atoms with Crippen molar-refractivity contribution in [3.63, 3.8) is 0 Å². The van der Waals surface area contributed by atoms with Crippen molar-refractivity contribution in [2.24, 2.45) is 5.92 Å². The zero-order valence-electron chi connectivity index (χ0n) is 19.3. The average Bonchev–Trinajstić information content (AvgIpc) is 3.34. The van der Waals surface area contributed by atoms with Crippen molar-refractivity contribution < 1.29 is 31.4 Å². The molecule has 0 saturated carbocycles. The molecule has 0 bridgehead atoms. The smallest absolute Gasteiger partial charge is 0.493 e. The number of rotatable bonds is 6. The molecule has 2 N–H and O–H groups in total. The first-order valence-electron chi connectivity index (χ1n) is 11.4. The lowest BCUT2D eigenvalue weighted by Gasteiger charge is -2.30. The molecule has 3 aromatic carbocycles. The Morgan fingerprint density at radius 3 is 2.43 bits per heavy atom. The molecule has 4 aromatic rings. The normalized spacial score (nSPS) is 17.6. The van der Waals surface area contributed by atoms with Crippen molar-refractivity contribution in [1.29, 1.82) is 0 Å². The summed E-state index contributed by atoms with van der Waals surface area (Å²) >= 11 is 1.67. The number of benzene rings is 3. The topological polar surface area (TPSA) is 75.6 Å². The Hall–Kier alpha value is -3.34. The highest BCUT2D eigenvalue weighted by atomic mass is 32.2. The van der Waals surface area contributed by atoms with Gasteiger partial charge in [-0.15, -0.1) is 11.3 Å². The van der Waals surface area contributed by atoms with Crippen LogP contribution >= 0.6 is 11.3 Å². The maximum atomic E-state index is 12.9. The van der Waals surface area contributed by atoms with Gasteiger partial charge in [0.2, 0.25) is 0 Å². The standard InChI is InChI=1S/C27H22F3NO4S2/c28-27(29,30)37(33,34)31-23-9-5-4-8-21(23)18-10-12-22-24(15-18)35-16-19(26(22)32)14-20-11-13-25(36-20)17-6-2-1-3-7-17/h1-13,15,19,26,31-32H,14,16H2. The summed E-state index contributed by atoms with van der Waals surface area (Å²) in [5, 5.41) is 11.1. The summed E-state index contributed by atoms with van der Waals surface area (Å²) in [6.45, 7) is 0.262. The largest absolute Gasteiger partial charge is 0.516 e. The third kappa shape index (κ3) is 5.22. The highest BCUT2D eigenvalue weighted by Gasteiger charge is 2.46. The van der Waals surface area contributed by atoms with Crippen LogP contribution in [0, 0.1) is 5.92 Å². The van der Waals surface area contributed by atoms with Crippen LogP contribution in [-0.2, 0) is 16.4 Å². The molecule has 192 valence electrons. The zero-order chi connectivity index (χ0) is 26.2. The number of thiophene rings is 1. The van der Waals surface area contributed by atoms with Crippen LogP contribution in [-0.4, -0.2) is 25.6 Å². The van der Waals surface area contributed by atoms with Gasteiger partial charge >= 0.3 is 15.5 Å². The van der Waals surface area contributed by atoms with Crippen LogP contribution in [0.2, 0.25) is 0 Å². The second-order valence-electron chi connectivity index (χ2n) is 8.70. The lowest BCUT2D eigenvalue weighted by Crippen LogP contribution is -2.30. The number of aliphatic hydroxyl groups excluding tert-OH is 1. The predicted octanol–water partition coefficient (Wildman–Crippen LogP) is 6.63. The lowest BCUT2D eigenvalue weighted by atomic mass is 9.89. The number of fused-ring (bicyclic) bond motifs is 1. The van der Waals surface area contributed by atoms with Crippen LogP contribution in [0.3, 0.4) is 0 Å². The Morgan fingerprint density at radius 2 is 1.68 bits per heavy atom. The Bertz CT molecular complexity index is 1520. The first-order valence-corrected chi connectivity index (χ1v) is 13.7. The molecule has 0 aliphatic carbocycles. The fraction of sp³-hybridized carbons (Fsp3) is 0.185. The van der Waals surface area contributed by atoms with Crippen LogP contribution < -0.4 is 9.46 Å². The summed E-state index contributed by atoms with van der Waals surface area (Å²) < 4.78 is 69.6. The van der Waals surface area contributed by atoms with E-state index in [1.165, 1.54) is 18.2 Å². The Labute approximate surface area is 216 Å². The van der Waals surface area contributed by atoms with Gasteiger partial charge in [0.1, 0.15) is 5.75 Å². The van der Waals surface area contributed by atoms with E-state index >= 15 is 0 Å². The third-order valence-electron chi connectivity index (χ3n) is 6.20. The summed E-state index contributed by atoms with van der Waals surface area (Å²) in [6, 6.07) is 24.9. The molecule has 2 atom stereocenters. The first-order chi connectivity index (χ1) is 17.6. The van der Waals surface area contributed by atoms with Crippen LogP contribution in [0.5, 0.6) is 5.75 Å². The number of hydrogen-bond donors (Lipinski definition) is 2. The minimum Gasteiger partial charge on any atom is -0.493 e. The van der Waals surface area contributed by atoms with Gasteiger partial charge in [-0.05, 0) is 41.8 Å². The van der Waals surface area contributed by atoms with Gasteiger partial charge in [-0.3, -0.25) is 4.72 Å². The fourth-order valence-corrected chi connectivity index (χ4v) is 6.00. The Morgan fingerprint density at radius 1 is 0.946 bits per heavy atom. The van der Waals surface area contributed by atoms with Gasteiger partial charge in [0.25, 0.3) is 0 Å². The van der Waals surface area contributed by atoms with Gasteiger partial charge in [0.05, 0.1) is 18.4 Å². The molecule has 0 spiro atoms. The van der Waals surface area contributed by atoms with Crippen molar-refractivity contribution in [2.45, 2.75) is 18.0 Å². The minimum atomic E-state index is -5.58. The van der Waals surface area contributed by atoms with Gasteiger partial charge in [0.15, 0.2) is 0 Å². The molecule has 5 rings (SSSR count). The molecule has 0 radical (unpaired) electrons. The molecule has 37 heavy (non-hydrogen) atoms. The number of anilines is 1. The molecule has 0 saturated heterocycles. The van der Waals surface area contributed by atoms with E-state index in [2.05, 4.69) is 12.1 Å². The predicted molar refractivity (Wildman–Crippen MR) is 138 cm³/mol. The molecule has 1 aromatic heterocycles. The van der Waals surface area contributed by atoms with Crippen molar-refractivity contribution >= 4 is 27.0 Å². The summed E-state index contributed by atoms with van der Waals surface area (Å²) in [4.78, 5) is 2.27. The van der Waals surface area contributed by atoms with Gasteiger partial charge in [-0.1, -0.05) is 60.7 Å². The van der Waals surface area contributed by atoms with E-state index in [4.69, 9.17) is 4.74 Å². The van der Waals surface area contributed by atoms with E-state index < -0.39 is 21.6 Å². The average molecular weight is 546 g/mol. The van der Waals surface area contributed by atoms with Gasteiger partial charge in [0, 0.05) is 26.8 Å². The van der Waals surface area contributed by atoms with Crippen molar-refractivity contribution in [3.05, 3.63) is 95.4 Å². The van der Waals surface area contributed by atoms with E-state index in [-0.39, 0.29) is 23.8 Å². The van der Waals surface area contributed by atoms with Crippen molar-refractivity contribution in [3.8, 4) is 27.3 Å². The summed E-state index contributed by atoms with van der Waals surface area (Å²) in [5.74, 6) is 0.234. The summed E-state index contributed by atoms with van der Waals surface area (Å²) in [5.41, 5.74) is -3.23. The monoisotopic (exact) mass is 545 g/mol. The lowest BCUT2D eigenvalue weighted by molar-refractivity contribution is -0.0429. The molecule has 5 nitrogen and oxygen atoms in total. The van der Waals surface area contributed by atoms with Crippen molar-refractivity contribution in [2.75, 3.05) is 11.3 Å². The van der Waals surface area contributed by atoms with Gasteiger partial charge in [-0.25, -0.2) is 0 Å². The molecule has 10 heteroatoms. The number of sulfonamides is 1. The number of para-hydroxylation sites is 1. The highest BCUT2D eigenvalue weighted by molar-refractivity contribution is 7.93. The summed E-state index contributed by atoms with van der Waals surface area (Å²) in [7, 11) is -5.58. The van der Waals surface area contributed by atoms with E-state index in [9.17, 15) is 26.7 Å². The second-order valence-corrected chi connectivity index (χ2v) is 11.5. The third-order valence-corrected chi connectivity index (χ3v) is 8.46. The molecule has 2 unspecified atom stereocenters. The fourth-order valence-electron chi connectivity index (χ4n) is 4.31. The number of aliphatic hydroxyl groups is 1. The molecule has 1 aliphatic heterocycles. The van der Waals surface area contributed by atoms with Crippen LogP contribution in [0.1, 0.15) is 16.5 Å². The molecule has 2 heterocycles. The van der Waals surface area contributed by atoms with E-state index in [0.29, 0.717) is 23.3 Å². The molecular formula is C27H22F3NO4S2. The van der Waals surface area contributed by atoms with Crippen LogP contribution in [0.25, 0.3) is 21.6 Å². The van der Waals surface area contributed by atoms with Crippen molar-refractivity contribution in [1.82, 2.24) is 0 Å². The first kappa shape index (κ1) is 25.3. The van der Waals surface area contributed by atoms with E-state index in [1.807, 2.05) is 30.3 Å². The molecular weight excluding hydrogens is 523 g/mol. The number of nitrogens with one attached hydrogen (secondary N) is 1. The maximum Gasteiger partial charge on any atom is 0.516 e. The number of alkyl halides is 3. The Kier molecular flexibility index (Phi) is 6.74. The van der Waals surface area contributed by atoms with Gasteiger partial charge < -0.3 is 9.84 Å². The van der Waals surface area contributed by atoms with Gasteiger partial charge in [-0.2, -0.15) is 21.6 Å². The zero-order valence-corrected chi connectivity index (χ0v) is 20.9. The second kappa shape index (κ2) is 9.85.